The quantitative estimate of drug-likeness (QED) is 0.500. The number of halogens is 3. The van der Waals surface area contributed by atoms with Gasteiger partial charge in [-0.2, -0.15) is 12.7 Å². The van der Waals surface area contributed by atoms with Crippen LogP contribution < -0.4 is 9.62 Å². The molecule has 0 heterocycles. The number of para-hydroxylation sites is 1. The van der Waals surface area contributed by atoms with Crippen LogP contribution in [0, 0.1) is 5.82 Å². The van der Waals surface area contributed by atoms with Crippen molar-refractivity contribution in [2.75, 3.05) is 24.9 Å². The van der Waals surface area contributed by atoms with Crippen molar-refractivity contribution < 1.29 is 22.4 Å². The summed E-state index contributed by atoms with van der Waals surface area (Å²) in [6.45, 7) is 6.12. The molecular weight excluding hydrogens is 530 g/mol. The molecule has 0 radical (unpaired) electrons. The van der Waals surface area contributed by atoms with Crippen LogP contribution in [0.1, 0.15) is 33.3 Å². The van der Waals surface area contributed by atoms with Crippen molar-refractivity contribution in [2.24, 2.45) is 0 Å². The lowest BCUT2D eigenvalue weighted by Crippen LogP contribution is -2.55. The summed E-state index contributed by atoms with van der Waals surface area (Å²) in [5.74, 6) is -1.97. The maximum atomic E-state index is 14.6. The standard InChI is InChI=1S/C24H31Cl2FN4O4S/c1-16(23(33)28-24(2,3)4)30(14-17-11-12-18(25)19(26)13-17)22(32)15-31(36(34,35)29(5)6)21-10-8-7-9-20(21)27/h7-13,16H,14-15H2,1-6H3,(H,28,33)/t16-/m1/s1. The summed E-state index contributed by atoms with van der Waals surface area (Å²) in [7, 11) is -1.71. The van der Waals surface area contributed by atoms with Gasteiger partial charge in [0, 0.05) is 26.2 Å². The van der Waals surface area contributed by atoms with Crippen LogP contribution >= 0.6 is 23.2 Å². The Bertz CT molecular complexity index is 1220. The van der Waals surface area contributed by atoms with Crippen molar-refractivity contribution in [3.05, 3.63) is 63.9 Å². The zero-order valence-electron chi connectivity index (χ0n) is 21.0. The van der Waals surface area contributed by atoms with Crippen molar-refractivity contribution in [3.8, 4) is 0 Å². The van der Waals surface area contributed by atoms with Gasteiger partial charge in [0.05, 0.1) is 15.7 Å². The third kappa shape index (κ3) is 7.55. The molecule has 12 heteroatoms. The molecule has 198 valence electrons. The van der Waals surface area contributed by atoms with Crippen LogP contribution in [0.5, 0.6) is 0 Å². The molecule has 1 N–H and O–H groups in total. The molecule has 8 nitrogen and oxygen atoms in total. The fraction of sp³-hybridized carbons (Fsp3) is 0.417. The summed E-state index contributed by atoms with van der Waals surface area (Å²) in [6, 6.07) is 9.02. The molecule has 2 aromatic carbocycles. The number of carbonyl (C=O) groups is 2. The first-order valence-corrected chi connectivity index (χ1v) is 13.2. The highest BCUT2D eigenvalue weighted by atomic mass is 35.5. The van der Waals surface area contributed by atoms with E-state index in [2.05, 4.69) is 5.32 Å². The van der Waals surface area contributed by atoms with Gasteiger partial charge in [-0.15, -0.1) is 0 Å². The molecule has 2 rings (SSSR count). The average molecular weight is 562 g/mol. The third-order valence-electron chi connectivity index (χ3n) is 5.14. The van der Waals surface area contributed by atoms with E-state index >= 15 is 0 Å². The minimum absolute atomic E-state index is 0.0679. The minimum atomic E-state index is -4.26. The summed E-state index contributed by atoms with van der Waals surface area (Å²) in [6.07, 6.45) is 0. The fourth-order valence-electron chi connectivity index (χ4n) is 3.25. The zero-order chi connectivity index (χ0) is 27.4. The summed E-state index contributed by atoms with van der Waals surface area (Å²) >= 11 is 12.1. The van der Waals surface area contributed by atoms with Crippen molar-refractivity contribution in [2.45, 2.75) is 45.8 Å². The first kappa shape index (κ1) is 29.8. The van der Waals surface area contributed by atoms with E-state index in [1.165, 1.54) is 44.1 Å². The van der Waals surface area contributed by atoms with Gasteiger partial charge in [0.25, 0.3) is 0 Å². The highest BCUT2D eigenvalue weighted by molar-refractivity contribution is 7.90. The van der Waals surface area contributed by atoms with Crippen LogP contribution in [0.4, 0.5) is 10.1 Å². The Kier molecular flexibility index (Phi) is 9.75. The highest BCUT2D eigenvalue weighted by Gasteiger charge is 2.34. The number of benzene rings is 2. The van der Waals surface area contributed by atoms with E-state index in [0.29, 0.717) is 14.9 Å². The van der Waals surface area contributed by atoms with Gasteiger partial charge in [0.2, 0.25) is 11.8 Å². The average Bonchev–Trinajstić information content (AvgIpc) is 2.76. The molecule has 0 fully saturated rings. The number of nitrogens with zero attached hydrogens (tertiary/aromatic N) is 3. The fourth-order valence-corrected chi connectivity index (χ4v) is 4.63. The maximum absolute atomic E-state index is 14.6. The van der Waals surface area contributed by atoms with Gasteiger partial charge >= 0.3 is 10.2 Å². The smallest absolute Gasteiger partial charge is 0.304 e. The molecular formula is C24H31Cl2FN4O4S. The molecule has 1 atom stereocenters. The SMILES string of the molecule is C[C@H](C(=O)NC(C)(C)C)N(Cc1ccc(Cl)c(Cl)c1)C(=O)CN(c1ccccc1F)S(=O)(=O)N(C)C. The van der Waals surface area contributed by atoms with Crippen LogP contribution in [0.25, 0.3) is 0 Å². The molecule has 0 aromatic heterocycles. The first-order chi connectivity index (χ1) is 16.5. The van der Waals surface area contributed by atoms with Crippen molar-refractivity contribution >= 4 is 50.9 Å². The Morgan fingerprint density at radius 1 is 1.06 bits per heavy atom. The normalized spacial score (nSPS) is 12.8. The van der Waals surface area contributed by atoms with E-state index < -0.39 is 46.0 Å². The molecule has 0 aliphatic rings. The lowest BCUT2D eigenvalue weighted by atomic mass is 10.1. The lowest BCUT2D eigenvalue weighted by molar-refractivity contribution is -0.140. The Hall–Kier alpha value is -2.40. The Morgan fingerprint density at radius 3 is 2.19 bits per heavy atom. The molecule has 0 bridgehead atoms. The van der Waals surface area contributed by atoms with Crippen molar-refractivity contribution in [1.82, 2.24) is 14.5 Å². The van der Waals surface area contributed by atoms with Gasteiger partial charge in [-0.25, -0.2) is 8.70 Å². The van der Waals surface area contributed by atoms with E-state index in [-0.39, 0.29) is 17.3 Å². The van der Waals surface area contributed by atoms with E-state index in [1.807, 2.05) is 0 Å². The molecule has 0 aliphatic heterocycles. The largest absolute Gasteiger partial charge is 0.350 e. The second-order valence-electron chi connectivity index (χ2n) is 9.43. The third-order valence-corrected chi connectivity index (χ3v) is 7.69. The number of rotatable bonds is 9. The monoisotopic (exact) mass is 560 g/mol. The summed E-state index contributed by atoms with van der Waals surface area (Å²) < 4.78 is 42.4. The number of nitrogens with one attached hydrogen (secondary N) is 1. The highest BCUT2D eigenvalue weighted by Crippen LogP contribution is 2.26. The van der Waals surface area contributed by atoms with E-state index in [1.54, 1.807) is 39.0 Å². The Morgan fingerprint density at radius 2 is 1.67 bits per heavy atom. The lowest BCUT2D eigenvalue weighted by Gasteiger charge is -2.34. The number of hydrogen-bond acceptors (Lipinski definition) is 4. The maximum Gasteiger partial charge on any atom is 0.304 e. The number of carbonyl (C=O) groups excluding carboxylic acids is 2. The van der Waals surface area contributed by atoms with Gasteiger partial charge in [0.1, 0.15) is 18.4 Å². The first-order valence-electron chi connectivity index (χ1n) is 11.0. The number of anilines is 1. The molecule has 2 amide bonds. The van der Waals surface area contributed by atoms with Gasteiger partial charge in [-0.1, -0.05) is 41.4 Å². The molecule has 36 heavy (non-hydrogen) atoms. The van der Waals surface area contributed by atoms with Crippen LogP contribution in [-0.4, -0.2) is 61.7 Å². The van der Waals surface area contributed by atoms with E-state index in [4.69, 9.17) is 23.2 Å². The van der Waals surface area contributed by atoms with Gasteiger partial charge < -0.3 is 10.2 Å². The summed E-state index contributed by atoms with van der Waals surface area (Å²) in [4.78, 5) is 27.8. The molecule has 2 aromatic rings. The van der Waals surface area contributed by atoms with Crippen LogP contribution in [0.15, 0.2) is 42.5 Å². The molecule has 0 saturated carbocycles. The predicted molar refractivity (Wildman–Crippen MR) is 141 cm³/mol. The second kappa shape index (κ2) is 11.8. The van der Waals surface area contributed by atoms with Crippen molar-refractivity contribution in [3.63, 3.8) is 0 Å². The summed E-state index contributed by atoms with van der Waals surface area (Å²) in [5, 5.41) is 3.40. The van der Waals surface area contributed by atoms with Gasteiger partial charge in [-0.3, -0.25) is 9.59 Å². The summed E-state index contributed by atoms with van der Waals surface area (Å²) in [5.41, 5.74) is -0.293. The molecule has 0 aliphatic carbocycles. The van der Waals surface area contributed by atoms with E-state index in [9.17, 15) is 22.4 Å². The minimum Gasteiger partial charge on any atom is -0.350 e. The van der Waals surface area contributed by atoms with Gasteiger partial charge in [0.15, 0.2) is 0 Å². The van der Waals surface area contributed by atoms with Gasteiger partial charge in [-0.05, 0) is 57.5 Å². The van der Waals surface area contributed by atoms with Crippen LogP contribution in [-0.2, 0) is 26.3 Å². The Balaban J connectivity index is 2.51. The molecule has 0 spiro atoms. The molecule has 0 saturated heterocycles. The number of hydrogen-bond donors (Lipinski definition) is 1. The van der Waals surface area contributed by atoms with Crippen LogP contribution in [0.2, 0.25) is 10.0 Å². The zero-order valence-corrected chi connectivity index (χ0v) is 23.4. The second-order valence-corrected chi connectivity index (χ2v) is 12.3. The molecule has 0 unspecified atom stereocenters. The van der Waals surface area contributed by atoms with Crippen molar-refractivity contribution in [1.29, 1.82) is 0 Å². The topological polar surface area (TPSA) is 90.0 Å². The Labute approximate surface area is 222 Å². The number of amides is 2. The van der Waals surface area contributed by atoms with E-state index in [0.717, 1.165) is 10.4 Å². The predicted octanol–water partition coefficient (Wildman–Crippen LogP) is 4.08. The van der Waals surface area contributed by atoms with Crippen LogP contribution in [0.3, 0.4) is 0 Å².